The minimum atomic E-state index is -0.0934. The highest BCUT2D eigenvalue weighted by Crippen LogP contribution is 2.22. The number of nitrogens with one attached hydrogen (secondary N) is 2. The van der Waals surface area contributed by atoms with Crippen molar-refractivity contribution in [3.05, 3.63) is 70.4 Å². The quantitative estimate of drug-likeness (QED) is 0.577. The molecule has 8 nitrogen and oxygen atoms in total. The van der Waals surface area contributed by atoms with Crippen LogP contribution in [0.25, 0.3) is 22.4 Å². The van der Waals surface area contributed by atoms with Crippen molar-refractivity contribution in [2.24, 2.45) is 0 Å². The molecule has 5 heterocycles. The second kappa shape index (κ2) is 6.40. The summed E-state index contributed by atoms with van der Waals surface area (Å²) >= 11 is 0. The molecule has 0 saturated carbocycles. The number of hydrogen-bond acceptors (Lipinski definition) is 6. The number of aromatic nitrogens is 6. The summed E-state index contributed by atoms with van der Waals surface area (Å²) in [6.45, 7) is 2.19. The van der Waals surface area contributed by atoms with Gasteiger partial charge in [0, 0.05) is 56.2 Å². The van der Waals surface area contributed by atoms with Crippen LogP contribution in [-0.2, 0) is 19.5 Å². The molecule has 27 heavy (non-hydrogen) atoms. The predicted octanol–water partition coefficient (Wildman–Crippen LogP) is 1.66. The molecule has 4 aromatic heterocycles. The average Bonchev–Trinajstić information content (AvgIpc) is 3.12. The van der Waals surface area contributed by atoms with Crippen LogP contribution in [0.5, 0.6) is 0 Å². The van der Waals surface area contributed by atoms with Gasteiger partial charge in [0.05, 0.1) is 16.8 Å². The van der Waals surface area contributed by atoms with Crippen LogP contribution in [0.15, 0.2) is 48.0 Å². The van der Waals surface area contributed by atoms with Crippen LogP contribution in [-0.4, -0.2) is 41.3 Å². The molecular formula is C19H17N7O. The molecule has 0 amide bonds. The Kier molecular flexibility index (Phi) is 3.75. The van der Waals surface area contributed by atoms with Crippen LogP contribution in [0.2, 0.25) is 0 Å². The normalized spacial score (nSPS) is 14.4. The highest BCUT2D eigenvalue weighted by atomic mass is 16.1. The Morgan fingerprint density at radius 2 is 2.11 bits per heavy atom. The van der Waals surface area contributed by atoms with Crippen molar-refractivity contribution >= 4 is 11.0 Å². The van der Waals surface area contributed by atoms with Crippen LogP contribution in [0.3, 0.4) is 0 Å². The zero-order valence-electron chi connectivity index (χ0n) is 14.5. The van der Waals surface area contributed by atoms with E-state index in [-0.39, 0.29) is 5.56 Å². The van der Waals surface area contributed by atoms with Gasteiger partial charge in [-0.2, -0.15) is 0 Å². The van der Waals surface area contributed by atoms with E-state index in [1.54, 1.807) is 18.6 Å². The monoisotopic (exact) mass is 359 g/mol. The van der Waals surface area contributed by atoms with Gasteiger partial charge in [-0.1, -0.05) is 0 Å². The molecule has 5 rings (SSSR count). The first kappa shape index (κ1) is 15.8. The first-order chi connectivity index (χ1) is 13.3. The third-order valence-corrected chi connectivity index (χ3v) is 4.91. The summed E-state index contributed by atoms with van der Waals surface area (Å²) in [6, 6.07) is 4.00. The molecule has 4 aromatic rings. The van der Waals surface area contributed by atoms with Gasteiger partial charge in [-0.25, -0.2) is 19.9 Å². The molecule has 0 atom stereocenters. The highest BCUT2D eigenvalue weighted by molar-refractivity contribution is 5.79. The summed E-state index contributed by atoms with van der Waals surface area (Å²) in [7, 11) is 0. The van der Waals surface area contributed by atoms with Gasteiger partial charge in [0.15, 0.2) is 0 Å². The van der Waals surface area contributed by atoms with Crippen molar-refractivity contribution in [1.82, 2.24) is 34.8 Å². The van der Waals surface area contributed by atoms with Gasteiger partial charge in [-0.05, 0) is 17.7 Å². The SMILES string of the molecule is O=c1[nH]c(-c2cncnc2)nc2c1CN(Cc1c[nH]c3ncccc13)CC2. The minimum absolute atomic E-state index is 0.0934. The lowest BCUT2D eigenvalue weighted by atomic mass is 10.1. The molecule has 0 saturated heterocycles. The Labute approximate surface area is 154 Å². The van der Waals surface area contributed by atoms with Gasteiger partial charge in [-0.3, -0.25) is 9.69 Å². The second-order valence-electron chi connectivity index (χ2n) is 6.64. The molecule has 0 aromatic carbocycles. The van der Waals surface area contributed by atoms with Gasteiger partial charge in [0.1, 0.15) is 17.8 Å². The summed E-state index contributed by atoms with van der Waals surface area (Å²) < 4.78 is 0. The largest absolute Gasteiger partial charge is 0.346 e. The molecule has 0 unspecified atom stereocenters. The Hall–Kier alpha value is -3.39. The van der Waals surface area contributed by atoms with Crippen molar-refractivity contribution in [2.75, 3.05) is 6.54 Å². The number of rotatable bonds is 3. The van der Waals surface area contributed by atoms with Crippen molar-refractivity contribution < 1.29 is 0 Å². The number of pyridine rings is 1. The number of fused-ring (bicyclic) bond motifs is 2. The minimum Gasteiger partial charge on any atom is -0.346 e. The Bertz CT molecular complexity index is 1170. The van der Waals surface area contributed by atoms with Gasteiger partial charge in [0.25, 0.3) is 5.56 Å². The standard InChI is InChI=1S/C19H17N7O/c27-19-15-10-26(9-13-8-23-18-14(13)2-1-4-22-18)5-3-16(15)24-17(25-19)12-6-20-11-21-7-12/h1-2,4,6-8,11H,3,5,9-10H2,(H,22,23)(H,24,25,27). The lowest BCUT2D eigenvalue weighted by molar-refractivity contribution is 0.242. The summed E-state index contributed by atoms with van der Waals surface area (Å²) in [5.74, 6) is 0.524. The van der Waals surface area contributed by atoms with Gasteiger partial charge in [-0.15, -0.1) is 0 Å². The number of aromatic amines is 2. The molecule has 1 aliphatic rings. The maximum atomic E-state index is 12.6. The number of nitrogens with zero attached hydrogens (tertiary/aromatic N) is 5. The molecule has 0 aliphatic carbocycles. The fourth-order valence-corrected chi connectivity index (χ4v) is 3.56. The Morgan fingerprint density at radius 1 is 1.22 bits per heavy atom. The summed E-state index contributed by atoms with van der Waals surface area (Å²) in [6.07, 6.45) is 9.27. The third kappa shape index (κ3) is 2.89. The summed E-state index contributed by atoms with van der Waals surface area (Å²) in [5.41, 5.74) is 4.28. The third-order valence-electron chi connectivity index (χ3n) is 4.91. The van der Waals surface area contributed by atoms with Crippen LogP contribution in [0.1, 0.15) is 16.8 Å². The van der Waals surface area contributed by atoms with E-state index < -0.39 is 0 Å². The van der Waals surface area contributed by atoms with E-state index in [9.17, 15) is 4.79 Å². The van der Waals surface area contributed by atoms with Gasteiger partial charge in [0.2, 0.25) is 0 Å². The number of hydrogen-bond donors (Lipinski definition) is 2. The van der Waals surface area contributed by atoms with E-state index in [1.165, 1.54) is 11.9 Å². The van der Waals surface area contributed by atoms with E-state index in [0.29, 0.717) is 17.9 Å². The Morgan fingerprint density at radius 3 is 3.00 bits per heavy atom. The first-order valence-corrected chi connectivity index (χ1v) is 8.79. The molecule has 2 N–H and O–H groups in total. The van der Waals surface area contributed by atoms with E-state index in [4.69, 9.17) is 0 Å². The fraction of sp³-hybridized carbons (Fsp3) is 0.211. The predicted molar refractivity (Wildman–Crippen MR) is 99.8 cm³/mol. The lowest BCUT2D eigenvalue weighted by Crippen LogP contribution is -2.35. The van der Waals surface area contributed by atoms with Crippen molar-refractivity contribution in [2.45, 2.75) is 19.5 Å². The summed E-state index contributed by atoms with van der Waals surface area (Å²) in [4.78, 5) is 37.9. The van der Waals surface area contributed by atoms with Gasteiger partial charge >= 0.3 is 0 Å². The maximum absolute atomic E-state index is 12.6. The Balaban J connectivity index is 1.42. The van der Waals surface area contributed by atoms with Crippen molar-refractivity contribution in [1.29, 1.82) is 0 Å². The van der Waals surface area contributed by atoms with Crippen molar-refractivity contribution in [3.63, 3.8) is 0 Å². The van der Waals surface area contributed by atoms with Crippen molar-refractivity contribution in [3.8, 4) is 11.4 Å². The van der Waals surface area contributed by atoms with Crippen LogP contribution in [0.4, 0.5) is 0 Å². The van der Waals surface area contributed by atoms with Crippen LogP contribution < -0.4 is 5.56 Å². The van der Waals surface area contributed by atoms with E-state index in [1.807, 2.05) is 12.3 Å². The van der Waals surface area contributed by atoms with E-state index in [0.717, 1.165) is 41.8 Å². The topological polar surface area (TPSA) is 103 Å². The first-order valence-electron chi connectivity index (χ1n) is 8.79. The smallest absolute Gasteiger partial charge is 0.255 e. The highest BCUT2D eigenvalue weighted by Gasteiger charge is 2.22. The molecule has 0 spiro atoms. The molecule has 1 aliphatic heterocycles. The zero-order valence-corrected chi connectivity index (χ0v) is 14.5. The zero-order chi connectivity index (χ0) is 18.2. The summed E-state index contributed by atoms with van der Waals surface area (Å²) in [5, 5.41) is 1.12. The fourth-order valence-electron chi connectivity index (χ4n) is 3.56. The molecule has 0 bridgehead atoms. The van der Waals surface area contributed by atoms with E-state index in [2.05, 4.69) is 40.9 Å². The van der Waals surface area contributed by atoms with Crippen LogP contribution >= 0.6 is 0 Å². The molecule has 0 fully saturated rings. The number of H-pyrrole nitrogens is 2. The average molecular weight is 359 g/mol. The van der Waals surface area contributed by atoms with Crippen LogP contribution in [0, 0.1) is 0 Å². The lowest BCUT2D eigenvalue weighted by Gasteiger charge is -2.27. The molecular weight excluding hydrogens is 342 g/mol. The maximum Gasteiger partial charge on any atom is 0.255 e. The molecule has 0 radical (unpaired) electrons. The van der Waals surface area contributed by atoms with Gasteiger partial charge < -0.3 is 9.97 Å². The molecule has 134 valence electrons. The second-order valence-corrected chi connectivity index (χ2v) is 6.64. The van der Waals surface area contributed by atoms with E-state index >= 15 is 0 Å². The molecule has 8 heteroatoms.